The highest BCUT2D eigenvalue weighted by molar-refractivity contribution is 5.75. The maximum Gasteiger partial charge on any atom is 0.231 e. The maximum absolute atomic E-state index is 7.55. The van der Waals surface area contributed by atoms with Crippen LogP contribution in [0.15, 0.2) is 28.8 Å². The van der Waals surface area contributed by atoms with Crippen molar-refractivity contribution in [3.63, 3.8) is 0 Å². The number of aryl methyl sites for hydroxylation is 1. The van der Waals surface area contributed by atoms with Gasteiger partial charge in [-0.2, -0.15) is 4.98 Å². The molecule has 1 aromatic heterocycles. The first-order valence-corrected chi connectivity index (χ1v) is 11.7. The Morgan fingerprint density at radius 3 is 2.37 bits per heavy atom. The molecule has 1 atom stereocenters. The molecule has 1 saturated heterocycles. The lowest BCUT2D eigenvalue weighted by molar-refractivity contribution is 0.354. The Labute approximate surface area is 180 Å². The Kier molecular flexibility index (Phi) is 8.72. The molecule has 2 heterocycles. The van der Waals surface area contributed by atoms with Gasteiger partial charge in [0.05, 0.1) is 5.92 Å². The molecule has 1 aliphatic heterocycles. The molecule has 0 saturated carbocycles. The van der Waals surface area contributed by atoms with Crippen molar-refractivity contribution in [1.29, 1.82) is 5.41 Å². The minimum atomic E-state index is 0.111. The minimum absolute atomic E-state index is 0.111. The van der Waals surface area contributed by atoms with E-state index >= 15 is 0 Å². The molecule has 0 unspecified atom stereocenters. The van der Waals surface area contributed by atoms with E-state index in [0.717, 1.165) is 24.9 Å². The number of nitrogens with zero attached hydrogens (tertiary/aromatic N) is 3. The summed E-state index contributed by atoms with van der Waals surface area (Å²) < 4.78 is 5.50. The number of nitrogens with one attached hydrogen (secondary N) is 1. The van der Waals surface area contributed by atoms with Crippen LogP contribution in [0.5, 0.6) is 0 Å². The summed E-state index contributed by atoms with van der Waals surface area (Å²) in [7, 11) is 0. The lowest BCUT2D eigenvalue weighted by atomic mass is 10.0. The molecule has 6 nitrogen and oxygen atoms in total. The fourth-order valence-electron chi connectivity index (χ4n) is 4.16. The molecule has 0 radical (unpaired) electrons. The quantitative estimate of drug-likeness (QED) is 0.274. The maximum atomic E-state index is 7.55. The first-order chi connectivity index (χ1) is 14.7. The van der Waals surface area contributed by atoms with Gasteiger partial charge in [0.25, 0.3) is 0 Å². The fourth-order valence-corrected chi connectivity index (χ4v) is 4.16. The highest BCUT2D eigenvalue weighted by atomic mass is 16.5. The predicted octanol–water partition coefficient (Wildman–Crippen LogP) is 5.49. The summed E-state index contributed by atoms with van der Waals surface area (Å²) in [5.74, 6) is 1.55. The minimum Gasteiger partial charge on any atom is -0.370 e. The Hall–Kier alpha value is -2.37. The number of aromatic nitrogens is 2. The monoisotopic (exact) mass is 411 g/mol. The van der Waals surface area contributed by atoms with E-state index in [9.17, 15) is 0 Å². The molecule has 164 valence electrons. The number of guanidine groups is 1. The number of likely N-dealkylation sites (tertiary alicyclic amines) is 1. The molecule has 1 aliphatic rings. The number of hydrogen-bond donors (Lipinski definition) is 2. The van der Waals surface area contributed by atoms with Crippen LogP contribution in [0.3, 0.4) is 0 Å². The largest absolute Gasteiger partial charge is 0.370 e. The number of rotatable bonds is 12. The molecule has 3 N–H and O–H groups in total. The molecule has 6 heteroatoms. The Morgan fingerprint density at radius 2 is 1.73 bits per heavy atom. The molecular formula is C24H37N5O. The van der Waals surface area contributed by atoms with Crippen LogP contribution in [-0.2, 0) is 6.42 Å². The van der Waals surface area contributed by atoms with E-state index in [0.29, 0.717) is 18.3 Å². The molecule has 0 bridgehead atoms. The normalized spacial score (nSPS) is 16.3. The highest BCUT2D eigenvalue weighted by Crippen LogP contribution is 2.27. The van der Waals surface area contributed by atoms with Crippen LogP contribution in [-0.4, -0.2) is 34.1 Å². The van der Waals surface area contributed by atoms with E-state index in [-0.39, 0.29) is 11.9 Å². The standard InChI is InChI=1S/C24H37N5O/c1-2-3-4-5-6-7-8-9-10-11-19-12-14-20(15-13-19)22-27-23(30-28-22)21-16-17-29(18-21)24(25)26/h12-15,21H,2-11,16-18H2,1H3,(H3,25,26)/t21-/m1/s1. The number of nitrogens with two attached hydrogens (primary N) is 1. The second kappa shape index (κ2) is 11.7. The molecule has 30 heavy (non-hydrogen) atoms. The lowest BCUT2D eigenvalue weighted by Gasteiger charge is -2.14. The number of unbranched alkanes of at least 4 members (excludes halogenated alkanes) is 8. The summed E-state index contributed by atoms with van der Waals surface area (Å²) in [6, 6.07) is 8.55. The van der Waals surface area contributed by atoms with Gasteiger partial charge < -0.3 is 15.2 Å². The first kappa shape index (κ1) is 22.3. The Bertz CT molecular complexity index is 770. The van der Waals surface area contributed by atoms with Gasteiger partial charge in [0.2, 0.25) is 11.7 Å². The van der Waals surface area contributed by atoms with Gasteiger partial charge in [0.15, 0.2) is 5.96 Å². The number of benzene rings is 1. The molecule has 2 aromatic rings. The van der Waals surface area contributed by atoms with Crippen molar-refractivity contribution in [2.24, 2.45) is 5.73 Å². The van der Waals surface area contributed by atoms with E-state index in [4.69, 9.17) is 15.7 Å². The summed E-state index contributed by atoms with van der Waals surface area (Å²) in [6.07, 6.45) is 14.3. The Balaban J connectivity index is 1.39. The van der Waals surface area contributed by atoms with Gasteiger partial charge in [0, 0.05) is 18.7 Å². The summed E-state index contributed by atoms with van der Waals surface area (Å²) in [5, 5.41) is 11.7. The third-order valence-electron chi connectivity index (χ3n) is 6.10. The lowest BCUT2D eigenvalue weighted by Crippen LogP contribution is -2.34. The highest BCUT2D eigenvalue weighted by Gasteiger charge is 2.29. The van der Waals surface area contributed by atoms with Gasteiger partial charge in [-0.1, -0.05) is 87.7 Å². The van der Waals surface area contributed by atoms with Gasteiger partial charge in [-0.15, -0.1) is 0 Å². The third-order valence-corrected chi connectivity index (χ3v) is 6.10. The summed E-state index contributed by atoms with van der Waals surface area (Å²) in [6.45, 7) is 3.71. The molecule has 0 amide bonds. The van der Waals surface area contributed by atoms with E-state index in [1.807, 2.05) is 4.90 Å². The van der Waals surface area contributed by atoms with Crippen molar-refractivity contribution < 1.29 is 4.52 Å². The van der Waals surface area contributed by atoms with Gasteiger partial charge in [0.1, 0.15) is 0 Å². The van der Waals surface area contributed by atoms with Crippen LogP contribution in [0, 0.1) is 5.41 Å². The van der Waals surface area contributed by atoms with Crippen molar-refractivity contribution in [3.05, 3.63) is 35.7 Å². The topological polar surface area (TPSA) is 92.0 Å². The van der Waals surface area contributed by atoms with E-state index in [1.165, 1.54) is 63.4 Å². The van der Waals surface area contributed by atoms with Crippen LogP contribution < -0.4 is 5.73 Å². The fraction of sp³-hybridized carbons (Fsp3) is 0.625. The first-order valence-electron chi connectivity index (χ1n) is 11.7. The van der Waals surface area contributed by atoms with E-state index in [1.54, 1.807) is 0 Å². The van der Waals surface area contributed by atoms with Gasteiger partial charge in [-0.25, -0.2) is 0 Å². The summed E-state index contributed by atoms with van der Waals surface area (Å²) in [5.41, 5.74) is 7.93. The van der Waals surface area contributed by atoms with Gasteiger partial charge >= 0.3 is 0 Å². The third kappa shape index (κ3) is 6.57. The van der Waals surface area contributed by atoms with Crippen molar-refractivity contribution in [2.75, 3.05) is 13.1 Å². The zero-order valence-corrected chi connectivity index (χ0v) is 18.4. The van der Waals surface area contributed by atoms with E-state index < -0.39 is 0 Å². The predicted molar refractivity (Wildman–Crippen MR) is 122 cm³/mol. The molecule has 0 spiro atoms. The molecule has 0 aliphatic carbocycles. The van der Waals surface area contributed by atoms with Crippen molar-refractivity contribution in [2.45, 2.75) is 83.5 Å². The van der Waals surface area contributed by atoms with Crippen LogP contribution >= 0.6 is 0 Å². The Morgan fingerprint density at radius 1 is 1.07 bits per heavy atom. The average molecular weight is 412 g/mol. The molecular weight excluding hydrogens is 374 g/mol. The van der Waals surface area contributed by atoms with Crippen LogP contribution in [0.25, 0.3) is 11.4 Å². The van der Waals surface area contributed by atoms with Crippen LogP contribution in [0.4, 0.5) is 0 Å². The van der Waals surface area contributed by atoms with Crippen molar-refractivity contribution in [3.8, 4) is 11.4 Å². The van der Waals surface area contributed by atoms with Crippen molar-refractivity contribution in [1.82, 2.24) is 15.0 Å². The van der Waals surface area contributed by atoms with E-state index in [2.05, 4.69) is 41.3 Å². The molecule has 1 fully saturated rings. The van der Waals surface area contributed by atoms with Gasteiger partial charge in [-0.3, -0.25) is 5.41 Å². The molecule has 3 rings (SSSR count). The SMILES string of the molecule is CCCCCCCCCCCc1ccc(-c2noc([C@@H]3CCN(C(=N)N)C3)n2)cc1. The van der Waals surface area contributed by atoms with Crippen LogP contribution in [0.1, 0.15) is 88.5 Å². The zero-order valence-electron chi connectivity index (χ0n) is 18.4. The smallest absolute Gasteiger partial charge is 0.231 e. The van der Waals surface area contributed by atoms with Gasteiger partial charge in [-0.05, 0) is 24.8 Å². The number of hydrogen-bond acceptors (Lipinski definition) is 4. The van der Waals surface area contributed by atoms with Crippen molar-refractivity contribution >= 4 is 5.96 Å². The summed E-state index contributed by atoms with van der Waals surface area (Å²) in [4.78, 5) is 6.44. The van der Waals surface area contributed by atoms with Crippen LogP contribution in [0.2, 0.25) is 0 Å². The second-order valence-corrected chi connectivity index (χ2v) is 8.55. The summed E-state index contributed by atoms with van der Waals surface area (Å²) >= 11 is 0. The molecule has 1 aromatic carbocycles. The second-order valence-electron chi connectivity index (χ2n) is 8.55. The zero-order chi connectivity index (χ0) is 21.2. The average Bonchev–Trinajstić information content (AvgIpc) is 3.43.